The van der Waals surface area contributed by atoms with E-state index in [9.17, 15) is 28.1 Å². The van der Waals surface area contributed by atoms with Crippen LogP contribution in [-0.4, -0.2) is 31.0 Å². The second-order valence-electron chi connectivity index (χ2n) is 4.67. The Bertz CT molecular complexity index is 985. The summed E-state index contributed by atoms with van der Waals surface area (Å²) in [4.78, 5) is 21.1. The number of hydrogen-bond acceptors (Lipinski definition) is 7. The second kappa shape index (κ2) is 5.81. The first-order chi connectivity index (χ1) is 11.8. The lowest BCUT2D eigenvalue weighted by atomic mass is 10.2. The quantitative estimate of drug-likeness (QED) is 0.402. The van der Waals surface area contributed by atoms with E-state index in [2.05, 4.69) is 15.3 Å². The smallest absolute Gasteiger partial charge is 0.430 e. The molecule has 128 valence electrons. The number of carbonyl (C=O) groups excluding carboxylic acids is 1. The maximum Gasteiger partial charge on any atom is 0.453 e. The molecule has 3 aromatic rings. The van der Waals surface area contributed by atoms with Gasteiger partial charge in [-0.25, -0.2) is 0 Å². The molecule has 0 amide bonds. The fourth-order valence-electron chi connectivity index (χ4n) is 1.95. The number of ether oxygens (including phenoxy) is 1. The number of benzene rings is 1. The number of hydrogen-bond donors (Lipinski definition) is 0. The monoisotopic (exact) mass is 353 g/mol. The SMILES string of the molecule is O=Cc1ccc([N+](=O)[O-])c(Oc2ccc3nnc(C(F)(F)F)n3n2)c1. The molecule has 1 aromatic carbocycles. The van der Waals surface area contributed by atoms with Gasteiger partial charge in [-0.3, -0.25) is 14.9 Å². The van der Waals surface area contributed by atoms with E-state index in [4.69, 9.17) is 4.74 Å². The van der Waals surface area contributed by atoms with Gasteiger partial charge in [0.15, 0.2) is 5.65 Å². The van der Waals surface area contributed by atoms with E-state index in [-0.39, 0.29) is 22.8 Å². The molecule has 0 N–H and O–H groups in total. The van der Waals surface area contributed by atoms with Gasteiger partial charge in [-0.15, -0.1) is 15.3 Å². The summed E-state index contributed by atoms with van der Waals surface area (Å²) in [5.74, 6) is -2.09. The van der Waals surface area contributed by atoms with Crippen molar-refractivity contribution in [1.29, 1.82) is 0 Å². The molecule has 0 unspecified atom stereocenters. The molecule has 3 rings (SSSR count). The fraction of sp³-hybridized carbons (Fsp3) is 0.0769. The summed E-state index contributed by atoms with van der Waals surface area (Å²) in [5.41, 5.74) is -0.579. The van der Waals surface area contributed by atoms with Crippen molar-refractivity contribution in [2.75, 3.05) is 0 Å². The Balaban J connectivity index is 2.06. The normalized spacial score (nSPS) is 11.5. The fourth-order valence-corrected chi connectivity index (χ4v) is 1.95. The van der Waals surface area contributed by atoms with E-state index >= 15 is 0 Å². The van der Waals surface area contributed by atoms with Crippen LogP contribution in [0.15, 0.2) is 30.3 Å². The highest BCUT2D eigenvalue weighted by atomic mass is 19.4. The molecule has 0 spiro atoms. The van der Waals surface area contributed by atoms with Crippen LogP contribution in [0.25, 0.3) is 5.65 Å². The molecule has 2 heterocycles. The molecule has 0 aliphatic rings. The molecule has 2 aromatic heterocycles. The molecule has 12 heteroatoms. The van der Waals surface area contributed by atoms with Gasteiger partial charge in [-0.2, -0.15) is 17.7 Å². The Kier molecular flexibility index (Phi) is 3.79. The van der Waals surface area contributed by atoms with Gasteiger partial charge in [0.2, 0.25) is 11.6 Å². The van der Waals surface area contributed by atoms with Gasteiger partial charge >= 0.3 is 11.9 Å². The van der Waals surface area contributed by atoms with Crippen molar-refractivity contribution < 1.29 is 27.6 Å². The lowest BCUT2D eigenvalue weighted by molar-refractivity contribution is -0.385. The molecule has 9 nitrogen and oxygen atoms in total. The topological polar surface area (TPSA) is 113 Å². The maximum absolute atomic E-state index is 12.8. The van der Waals surface area contributed by atoms with E-state index in [1.165, 1.54) is 12.1 Å². The van der Waals surface area contributed by atoms with Crippen LogP contribution >= 0.6 is 0 Å². The Morgan fingerprint density at radius 3 is 2.60 bits per heavy atom. The summed E-state index contributed by atoms with van der Waals surface area (Å²) in [6, 6.07) is 5.64. The number of alkyl halides is 3. The number of fused-ring (bicyclic) bond motifs is 1. The van der Waals surface area contributed by atoms with Crippen LogP contribution in [-0.2, 0) is 6.18 Å². The number of halogens is 3. The van der Waals surface area contributed by atoms with E-state index in [0.29, 0.717) is 10.8 Å². The third-order valence-electron chi connectivity index (χ3n) is 3.02. The molecule has 0 fully saturated rings. The molecule has 0 saturated carbocycles. The minimum atomic E-state index is -4.80. The average molecular weight is 353 g/mol. The third kappa shape index (κ3) is 3.08. The Labute approximate surface area is 135 Å². The molecule has 25 heavy (non-hydrogen) atoms. The minimum absolute atomic E-state index is 0.0851. The molecule has 0 aliphatic heterocycles. The summed E-state index contributed by atoms with van der Waals surface area (Å²) < 4.78 is 44.1. The van der Waals surface area contributed by atoms with Gasteiger partial charge in [0, 0.05) is 17.7 Å². The van der Waals surface area contributed by atoms with Gasteiger partial charge < -0.3 is 4.74 Å². The minimum Gasteiger partial charge on any atom is -0.430 e. The van der Waals surface area contributed by atoms with Crippen LogP contribution in [0.5, 0.6) is 11.6 Å². The van der Waals surface area contributed by atoms with Crippen molar-refractivity contribution in [1.82, 2.24) is 19.8 Å². The summed E-state index contributed by atoms with van der Waals surface area (Å²) >= 11 is 0. The summed E-state index contributed by atoms with van der Waals surface area (Å²) in [6.45, 7) is 0. The van der Waals surface area contributed by atoms with E-state index < -0.39 is 22.6 Å². The number of aromatic nitrogens is 4. The zero-order chi connectivity index (χ0) is 18.2. The van der Waals surface area contributed by atoms with Crippen molar-refractivity contribution in [3.05, 3.63) is 51.8 Å². The van der Waals surface area contributed by atoms with Gasteiger partial charge in [-0.05, 0) is 18.2 Å². The van der Waals surface area contributed by atoms with Gasteiger partial charge in [-0.1, -0.05) is 0 Å². The number of nitrogens with zero attached hydrogens (tertiary/aromatic N) is 5. The molecule has 0 bridgehead atoms. The van der Waals surface area contributed by atoms with Gasteiger partial charge in [0.05, 0.1) is 4.92 Å². The van der Waals surface area contributed by atoms with Gasteiger partial charge in [0.25, 0.3) is 5.82 Å². The van der Waals surface area contributed by atoms with Crippen molar-refractivity contribution >= 4 is 17.6 Å². The number of nitro benzene ring substituents is 1. The molecule has 0 saturated heterocycles. The highest BCUT2D eigenvalue weighted by molar-refractivity contribution is 5.77. The van der Waals surface area contributed by atoms with Crippen molar-refractivity contribution in [2.24, 2.45) is 0 Å². The number of nitro groups is 1. The second-order valence-corrected chi connectivity index (χ2v) is 4.67. The first kappa shape index (κ1) is 16.3. The molecule has 0 aliphatic carbocycles. The summed E-state index contributed by atoms with van der Waals surface area (Å²) in [5, 5.41) is 20.9. The van der Waals surface area contributed by atoms with Crippen molar-refractivity contribution in [2.45, 2.75) is 6.18 Å². The predicted octanol–water partition coefficient (Wildman–Crippen LogP) is 2.66. The van der Waals surface area contributed by atoms with Crippen LogP contribution in [0, 0.1) is 10.1 Å². The van der Waals surface area contributed by atoms with Crippen LogP contribution in [0.2, 0.25) is 0 Å². The van der Waals surface area contributed by atoms with E-state index in [0.717, 1.165) is 18.2 Å². The lowest BCUT2D eigenvalue weighted by Crippen LogP contribution is -2.12. The number of aldehydes is 1. The predicted molar refractivity (Wildman–Crippen MR) is 74.3 cm³/mol. The Morgan fingerprint density at radius 2 is 1.96 bits per heavy atom. The summed E-state index contributed by atoms with van der Waals surface area (Å²) in [7, 11) is 0. The zero-order valence-electron chi connectivity index (χ0n) is 12.0. The summed E-state index contributed by atoms with van der Waals surface area (Å²) in [6.07, 6.45) is -4.36. The average Bonchev–Trinajstić information content (AvgIpc) is 2.97. The highest BCUT2D eigenvalue weighted by Crippen LogP contribution is 2.32. The maximum atomic E-state index is 12.8. The van der Waals surface area contributed by atoms with Gasteiger partial charge in [0.1, 0.15) is 6.29 Å². The number of carbonyl (C=O) groups is 1. The largest absolute Gasteiger partial charge is 0.453 e. The van der Waals surface area contributed by atoms with Crippen LogP contribution in [0.4, 0.5) is 18.9 Å². The van der Waals surface area contributed by atoms with Crippen LogP contribution < -0.4 is 4.74 Å². The first-order valence-corrected chi connectivity index (χ1v) is 6.51. The van der Waals surface area contributed by atoms with Crippen molar-refractivity contribution in [3.63, 3.8) is 0 Å². The van der Waals surface area contributed by atoms with Crippen LogP contribution in [0.3, 0.4) is 0 Å². The standard InChI is InChI=1S/C13H6F3N5O4/c14-13(15,16)12-18-17-10-3-4-11(19-20(10)12)25-9-5-7(6-22)1-2-8(9)21(23)24/h1-6H. The Morgan fingerprint density at radius 1 is 1.20 bits per heavy atom. The molecule has 0 radical (unpaired) electrons. The molecular formula is C13H6F3N5O4. The van der Waals surface area contributed by atoms with Crippen LogP contribution in [0.1, 0.15) is 16.2 Å². The zero-order valence-corrected chi connectivity index (χ0v) is 12.0. The van der Waals surface area contributed by atoms with E-state index in [1.807, 2.05) is 0 Å². The first-order valence-electron chi connectivity index (χ1n) is 6.51. The lowest BCUT2D eigenvalue weighted by Gasteiger charge is -2.07. The Hall–Kier alpha value is -3.57. The van der Waals surface area contributed by atoms with Crippen molar-refractivity contribution in [3.8, 4) is 11.6 Å². The number of rotatable bonds is 4. The molecular weight excluding hydrogens is 347 g/mol. The van der Waals surface area contributed by atoms with E-state index in [1.54, 1.807) is 0 Å². The third-order valence-corrected chi connectivity index (χ3v) is 3.02. The highest BCUT2D eigenvalue weighted by Gasteiger charge is 2.37. The molecule has 0 atom stereocenters.